The number of halogens is 3. The number of carboxylic acid groups (broad SMARTS) is 1. The molecule has 0 radical (unpaired) electrons. The van der Waals surface area contributed by atoms with E-state index in [1.807, 2.05) is 42.5 Å². The van der Waals surface area contributed by atoms with Crippen LogP contribution in [0.2, 0.25) is 0 Å². The van der Waals surface area contributed by atoms with Gasteiger partial charge in [-0.05, 0) is 29.8 Å². The van der Waals surface area contributed by atoms with Crippen molar-refractivity contribution in [3.05, 3.63) is 66.6 Å². The molecule has 2 aromatic carbocycles. The van der Waals surface area contributed by atoms with E-state index in [0.29, 0.717) is 6.54 Å². The van der Waals surface area contributed by atoms with E-state index in [0.717, 1.165) is 48.9 Å². The third-order valence-electron chi connectivity index (χ3n) is 5.29. The lowest BCUT2D eigenvalue weighted by Gasteiger charge is -2.29. The van der Waals surface area contributed by atoms with Crippen molar-refractivity contribution in [2.75, 3.05) is 43.4 Å². The van der Waals surface area contributed by atoms with Gasteiger partial charge in [0.1, 0.15) is 5.82 Å². The van der Waals surface area contributed by atoms with Crippen LogP contribution in [-0.2, 0) is 11.3 Å². The van der Waals surface area contributed by atoms with Crippen LogP contribution in [0.15, 0.2) is 60.8 Å². The number of anilines is 2. The SMILES string of the molecule is CN(Cc1ncc(-c2ccccc2)[nH]1)C(=O)Nc1ccc(N2CCNCC2)cc1.O=C(O)C(F)(F)F. The van der Waals surface area contributed by atoms with Gasteiger partial charge in [-0.25, -0.2) is 14.6 Å². The summed E-state index contributed by atoms with van der Waals surface area (Å²) in [6.45, 7) is 4.41. The number of nitrogens with one attached hydrogen (secondary N) is 3. The van der Waals surface area contributed by atoms with Gasteiger partial charge < -0.3 is 30.5 Å². The molecule has 1 aliphatic rings. The lowest BCUT2D eigenvalue weighted by atomic mass is 10.2. The third kappa shape index (κ3) is 7.73. The van der Waals surface area contributed by atoms with Crippen molar-refractivity contribution in [2.24, 2.45) is 0 Å². The predicted octanol–water partition coefficient (Wildman–Crippen LogP) is 3.78. The first kappa shape index (κ1) is 26.5. The number of benzene rings is 2. The molecule has 3 aromatic rings. The second-order valence-electron chi connectivity index (χ2n) is 7.98. The van der Waals surface area contributed by atoms with Gasteiger partial charge in [0.05, 0.1) is 18.4 Å². The highest BCUT2D eigenvalue weighted by molar-refractivity contribution is 5.89. The molecule has 0 unspecified atom stereocenters. The molecule has 2 heterocycles. The Bertz CT molecular complexity index is 1130. The predicted molar refractivity (Wildman–Crippen MR) is 130 cm³/mol. The summed E-state index contributed by atoms with van der Waals surface area (Å²) in [5.41, 5.74) is 3.98. The average Bonchev–Trinajstić information content (AvgIpc) is 3.34. The van der Waals surface area contributed by atoms with E-state index in [1.54, 1.807) is 18.1 Å². The fraction of sp³-hybridized carbons (Fsp3) is 0.292. The van der Waals surface area contributed by atoms with Gasteiger partial charge in [0.2, 0.25) is 0 Å². The number of H-pyrrole nitrogens is 1. The van der Waals surface area contributed by atoms with Crippen LogP contribution in [0.3, 0.4) is 0 Å². The van der Waals surface area contributed by atoms with Gasteiger partial charge in [0.15, 0.2) is 0 Å². The molecule has 36 heavy (non-hydrogen) atoms. The number of rotatable bonds is 5. The Morgan fingerprint density at radius 3 is 2.28 bits per heavy atom. The molecular weight excluding hydrogens is 477 g/mol. The van der Waals surface area contributed by atoms with Gasteiger partial charge in [0, 0.05) is 44.6 Å². The smallest absolute Gasteiger partial charge is 0.475 e. The monoisotopic (exact) mass is 504 g/mol. The zero-order valence-corrected chi connectivity index (χ0v) is 19.5. The number of imidazole rings is 1. The van der Waals surface area contributed by atoms with Crippen molar-refractivity contribution in [3.8, 4) is 11.3 Å². The first-order valence-electron chi connectivity index (χ1n) is 11.1. The minimum atomic E-state index is -5.08. The minimum absolute atomic E-state index is 0.169. The van der Waals surface area contributed by atoms with Crippen LogP contribution in [0.4, 0.5) is 29.3 Å². The van der Waals surface area contributed by atoms with Crippen LogP contribution in [0.5, 0.6) is 0 Å². The van der Waals surface area contributed by atoms with Crippen LogP contribution < -0.4 is 15.5 Å². The summed E-state index contributed by atoms with van der Waals surface area (Å²) in [5, 5.41) is 13.4. The van der Waals surface area contributed by atoms with E-state index in [4.69, 9.17) is 9.90 Å². The van der Waals surface area contributed by atoms with Gasteiger partial charge in [-0.3, -0.25) is 0 Å². The molecule has 1 aliphatic heterocycles. The van der Waals surface area contributed by atoms with E-state index in [2.05, 4.69) is 37.6 Å². The van der Waals surface area contributed by atoms with Crippen molar-refractivity contribution in [1.82, 2.24) is 20.2 Å². The zero-order valence-electron chi connectivity index (χ0n) is 19.5. The lowest BCUT2D eigenvalue weighted by Crippen LogP contribution is -2.43. The third-order valence-corrected chi connectivity index (χ3v) is 5.29. The molecular formula is C24H27F3N6O3. The number of amides is 2. The standard InChI is InChI=1S/C22H26N6O.C2HF3O2/c1-27(16-21-24-15-20(26-21)17-5-3-2-4-6-17)22(29)25-18-7-9-19(10-8-18)28-13-11-23-12-14-28;3-2(4,5)1(6)7/h2-10,15,23H,11-14,16H2,1H3,(H,24,26)(H,25,29);(H,6,7). The van der Waals surface area contributed by atoms with Crippen LogP contribution in [-0.4, -0.2) is 71.4 Å². The molecule has 9 nitrogen and oxygen atoms in total. The largest absolute Gasteiger partial charge is 0.490 e. The summed E-state index contributed by atoms with van der Waals surface area (Å²) in [5.74, 6) is -2.01. The second kappa shape index (κ2) is 12.1. The number of aliphatic carboxylic acids is 1. The maximum absolute atomic E-state index is 12.5. The van der Waals surface area contributed by atoms with E-state index < -0.39 is 12.1 Å². The first-order chi connectivity index (χ1) is 17.1. The molecule has 4 N–H and O–H groups in total. The summed E-state index contributed by atoms with van der Waals surface area (Å²) in [6.07, 6.45) is -3.29. The molecule has 12 heteroatoms. The zero-order chi connectivity index (χ0) is 26.1. The number of carbonyl (C=O) groups excluding carboxylic acids is 1. The Morgan fingerprint density at radius 2 is 1.69 bits per heavy atom. The number of carboxylic acids is 1. The summed E-state index contributed by atoms with van der Waals surface area (Å²) in [4.78, 5) is 33.1. The van der Waals surface area contributed by atoms with E-state index in [-0.39, 0.29) is 6.03 Å². The van der Waals surface area contributed by atoms with Gasteiger partial charge >= 0.3 is 18.2 Å². The molecule has 1 aromatic heterocycles. The fourth-order valence-electron chi connectivity index (χ4n) is 3.40. The molecule has 1 fully saturated rings. The Balaban J connectivity index is 0.000000454. The van der Waals surface area contributed by atoms with Crippen LogP contribution in [0.25, 0.3) is 11.3 Å². The number of aromatic amines is 1. The highest BCUT2D eigenvalue weighted by Gasteiger charge is 2.38. The van der Waals surface area contributed by atoms with Crippen LogP contribution in [0.1, 0.15) is 5.82 Å². The van der Waals surface area contributed by atoms with Crippen LogP contribution >= 0.6 is 0 Å². The summed E-state index contributed by atoms with van der Waals surface area (Å²) < 4.78 is 31.7. The fourth-order valence-corrected chi connectivity index (χ4v) is 3.40. The number of hydrogen-bond donors (Lipinski definition) is 4. The average molecular weight is 505 g/mol. The van der Waals surface area contributed by atoms with Crippen LogP contribution in [0, 0.1) is 0 Å². The topological polar surface area (TPSA) is 114 Å². The molecule has 1 saturated heterocycles. The van der Waals surface area contributed by atoms with Gasteiger partial charge in [0.25, 0.3) is 0 Å². The van der Waals surface area contributed by atoms with E-state index in [9.17, 15) is 18.0 Å². The molecule has 192 valence electrons. The Labute approximate surface area is 205 Å². The number of nitrogens with zero attached hydrogens (tertiary/aromatic N) is 3. The normalized spacial score (nSPS) is 13.4. The highest BCUT2D eigenvalue weighted by Crippen LogP contribution is 2.19. The Kier molecular flexibility index (Phi) is 8.90. The molecule has 4 rings (SSSR count). The maximum atomic E-state index is 12.5. The number of aromatic nitrogens is 2. The van der Waals surface area contributed by atoms with Gasteiger partial charge in [-0.1, -0.05) is 30.3 Å². The quantitative estimate of drug-likeness (QED) is 0.421. The minimum Gasteiger partial charge on any atom is -0.475 e. The summed E-state index contributed by atoms with van der Waals surface area (Å²) in [6, 6.07) is 17.8. The number of carbonyl (C=O) groups is 2. The summed E-state index contributed by atoms with van der Waals surface area (Å²) in [7, 11) is 1.76. The summed E-state index contributed by atoms with van der Waals surface area (Å²) >= 11 is 0. The maximum Gasteiger partial charge on any atom is 0.490 e. The van der Waals surface area contributed by atoms with Gasteiger partial charge in [-0.2, -0.15) is 13.2 Å². The molecule has 0 aliphatic carbocycles. The molecule has 0 atom stereocenters. The Hall–Kier alpha value is -4.06. The number of alkyl halides is 3. The molecule has 0 bridgehead atoms. The lowest BCUT2D eigenvalue weighted by molar-refractivity contribution is -0.192. The van der Waals surface area contributed by atoms with E-state index >= 15 is 0 Å². The Morgan fingerprint density at radius 1 is 1.08 bits per heavy atom. The van der Waals surface area contributed by atoms with E-state index in [1.165, 1.54) is 5.69 Å². The van der Waals surface area contributed by atoms with Crippen molar-refractivity contribution < 1.29 is 27.9 Å². The number of piperazine rings is 1. The second-order valence-corrected chi connectivity index (χ2v) is 7.98. The van der Waals surface area contributed by atoms with Crippen molar-refractivity contribution >= 4 is 23.4 Å². The van der Waals surface area contributed by atoms with Gasteiger partial charge in [-0.15, -0.1) is 0 Å². The molecule has 0 spiro atoms. The highest BCUT2D eigenvalue weighted by atomic mass is 19.4. The van der Waals surface area contributed by atoms with Crippen molar-refractivity contribution in [1.29, 1.82) is 0 Å². The van der Waals surface area contributed by atoms with Crippen molar-refractivity contribution in [2.45, 2.75) is 12.7 Å². The number of urea groups is 1. The molecule has 0 saturated carbocycles. The molecule has 2 amide bonds. The van der Waals surface area contributed by atoms with Crippen molar-refractivity contribution in [3.63, 3.8) is 0 Å². The number of hydrogen-bond acceptors (Lipinski definition) is 5. The first-order valence-corrected chi connectivity index (χ1v) is 11.1.